The molecule has 0 spiro atoms. The average molecular weight is 1130 g/mol. The minimum Gasteiger partial charge on any atom is -0.355 e. The van der Waals surface area contributed by atoms with E-state index < -0.39 is 67.5 Å². The van der Waals surface area contributed by atoms with Crippen LogP contribution in [0.3, 0.4) is 0 Å². The lowest BCUT2D eigenvalue weighted by Crippen LogP contribution is -2.51. The van der Waals surface area contributed by atoms with Gasteiger partial charge in [0.15, 0.2) is 0 Å². The molecule has 24 nitrogen and oxygen atoms in total. The highest BCUT2D eigenvalue weighted by Gasteiger charge is 2.44. The molecule has 9 heterocycles. The topological polar surface area (TPSA) is 367 Å². The Morgan fingerprint density at radius 2 is 1.20 bits per heavy atom. The summed E-state index contributed by atoms with van der Waals surface area (Å²) in [5, 5.41) is 29.1. The number of carbonyl (C=O) groups is 6. The molecular weight excluding hydrogens is 1060 g/mol. The number of thioether (sulfide) groups is 2. The zero-order chi connectivity index (χ0) is 53.7. The summed E-state index contributed by atoms with van der Waals surface area (Å²) in [5.41, 5.74) is 2.63. The minimum atomic E-state index is -4.69. The van der Waals surface area contributed by atoms with Crippen LogP contribution in [-0.2, 0) is 39.4 Å². The summed E-state index contributed by atoms with van der Waals surface area (Å²) < 4.78 is 67.9. The van der Waals surface area contributed by atoms with Crippen molar-refractivity contribution in [3.63, 3.8) is 0 Å². The van der Waals surface area contributed by atoms with Gasteiger partial charge in [0.2, 0.25) is 23.6 Å². The zero-order valence-corrected chi connectivity index (χ0v) is 44.6. The first kappa shape index (κ1) is 55.0. The third kappa shape index (κ3) is 14.4. The van der Waals surface area contributed by atoms with Crippen LogP contribution in [-0.4, -0.2) is 172 Å². The van der Waals surface area contributed by atoms with Crippen molar-refractivity contribution in [2.24, 2.45) is 0 Å². The van der Waals surface area contributed by atoms with Crippen LogP contribution in [0.5, 0.6) is 0 Å². The van der Waals surface area contributed by atoms with Crippen LogP contribution in [0.25, 0.3) is 23.3 Å². The normalized spacial score (nSPS) is 27.7. The van der Waals surface area contributed by atoms with E-state index in [1.165, 1.54) is 0 Å². The third-order valence-electron chi connectivity index (χ3n) is 14.5. The van der Waals surface area contributed by atoms with Gasteiger partial charge in [0.05, 0.1) is 24.2 Å². The number of rotatable bonds is 22. The van der Waals surface area contributed by atoms with Crippen LogP contribution in [0.4, 0.5) is 9.59 Å². The van der Waals surface area contributed by atoms with Gasteiger partial charge in [-0.05, 0) is 92.6 Å². The molecule has 8 bridgehead atoms. The molecule has 6 aliphatic heterocycles. The molecule has 3 aromatic heterocycles. The van der Waals surface area contributed by atoms with Crippen molar-refractivity contribution in [1.82, 2.24) is 62.8 Å². The summed E-state index contributed by atoms with van der Waals surface area (Å²) in [4.78, 5) is 87.3. The molecule has 5 saturated heterocycles. The van der Waals surface area contributed by atoms with Crippen molar-refractivity contribution in [3.05, 3.63) is 69.2 Å². The lowest BCUT2D eigenvalue weighted by molar-refractivity contribution is -0.128. The van der Waals surface area contributed by atoms with Crippen molar-refractivity contribution in [2.75, 3.05) is 36.1 Å². The van der Waals surface area contributed by atoms with E-state index in [-0.39, 0.29) is 84.7 Å². The standard InChI is InChI=1S/C48H64N12O12S4/c61-41(7-3-1-5-39-43-35(21-73-39)57-47(65)59-43)55-37(23-75(67,68)69)45(63)49-19-29-31-13-9-25(51-31)17-27-11-15-33(53-27)30(34-16-12-28(54-34)18-26-10-14-32(29)52-26)20-50-46(64)38(24-76(70,71)72)56-42(62)8-4-2-6-40-44-36(22-74-40)58-48(66)60-44/h9-11,13-15,17-18,28,34-40,43-44,51-54H,1-8,12,16,19-24H2,(H,49,63)(H,50,64)(H,55,61)(H,56,62)(H2,57,59,65)(H2,58,60,66)(H,67,68,69)(H,70,71,72)/b26-18-,27-17-,32-29-,33-30-/t28-,34+,35+,36+,37+,38+,39+,40+,43+,44+/m1/s1. The van der Waals surface area contributed by atoms with Crippen molar-refractivity contribution in [1.29, 1.82) is 0 Å². The van der Waals surface area contributed by atoms with Gasteiger partial charge < -0.3 is 62.8 Å². The number of fused-ring (bicyclic) bond motifs is 10. The first-order chi connectivity index (χ1) is 36.3. The first-order valence-corrected chi connectivity index (χ1v) is 30.8. The molecule has 0 saturated carbocycles. The highest BCUT2D eigenvalue weighted by atomic mass is 32.2. The largest absolute Gasteiger partial charge is 0.355 e. The van der Waals surface area contributed by atoms with Crippen LogP contribution in [0.1, 0.15) is 75.6 Å². The van der Waals surface area contributed by atoms with Gasteiger partial charge in [-0.25, -0.2) is 9.59 Å². The molecule has 0 aromatic carbocycles. The molecule has 6 aliphatic rings. The molecular formula is C48H64N12O12S4. The predicted octanol–water partition coefficient (Wildman–Crippen LogP) is -2.81. The van der Waals surface area contributed by atoms with E-state index in [0.29, 0.717) is 71.5 Å². The fourth-order valence-electron chi connectivity index (χ4n) is 10.8. The Morgan fingerprint density at radius 1 is 0.645 bits per heavy atom. The van der Waals surface area contributed by atoms with Crippen molar-refractivity contribution >= 4 is 103 Å². The van der Waals surface area contributed by atoms with Gasteiger partial charge in [-0.1, -0.05) is 12.8 Å². The fourth-order valence-corrected chi connectivity index (χ4v) is 15.2. The molecule has 10 atom stereocenters. The quantitative estimate of drug-likeness (QED) is 0.0275. The van der Waals surface area contributed by atoms with E-state index >= 15 is 0 Å². The van der Waals surface area contributed by atoms with Gasteiger partial charge in [-0.2, -0.15) is 40.4 Å². The number of aromatic nitrogens is 3. The molecule has 0 aliphatic carbocycles. The monoisotopic (exact) mass is 1130 g/mol. The summed E-state index contributed by atoms with van der Waals surface area (Å²) in [6.45, 7) is -0.146. The molecule has 76 heavy (non-hydrogen) atoms. The van der Waals surface area contributed by atoms with Gasteiger partial charge in [0.1, 0.15) is 23.6 Å². The molecule has 28 heteroatoms. The molecule has 9 rings (SSSR count). The molecule has 5 fully saturated rings. The van der Waals surface area contributed by atoms with E-state index in [4.69, 9.17) is 0 Å². The van der Waals surface area contributed by atoms with Gasteiger partial charge >= 0.3 is 12.1 Å². The van der Waals surface area contributed by atoms with Gasteiger partial charge in [0, 0.05) is 98.4 Å². The van der Waals surface area contributed by atoms with Gasteiger partial charge in [0.25, 0.3) is 20.2 Å². The number of hydrogen-bond donors (Lipinski definition) is 14. The Kier molecular flexibility index (Phi) is 17.3. The van der Waals surface area contributed by atoms with Crippen LogP contribution >= 0.6 is 23.5 Å². The number of hydrogen-bond acceptors (Lipinski definition) is 13. The van der Waals surface area contributed by atoms with E-state index in [1.807, 2.05) is 48.6 Å². The number of carbonyl (C=O) groups excluding carboxylic acids is 6. The minimum absolute atomic E-state index is 0.0218. The molecule has 0 unspecified atom stereocenters. The van der Waals surface area contributed by atoms with E-state index in [9.17, 15) is 54.7 Å². The second-order valence-electron chi connectivity index (χ2n) is 20.1. The number of unbranched alkanes of at least 4 members (excludes halogenated alkanes) is 2. The van der Waals surface area contributed by atoms with Crippen LogP contribution in [0, 0.1) is 0 Å². The van der Waals surface area contributed by atoms with E-state index in [0.717, 1.165) is 35.3 Å². The summed E-state index contributed by atoms with van der Waals surface area (Å²) in [7, 11) is -9.38. The van der Waals surface area contributed by atoms with E-state index in [2.05, 4.69) is 62.8 Å². The fraction of sp³-hybridized carbons (Fsp3) is 0.542. The molecule has 14 N–H and O–H groups in total. The van der Waals surface area contributed by atoms with Crippen LogP contribution in [0.15, 0.2) is 36.4 Å². The number of nitrogens with one attached hydrogen (secondary N) is 12. The summed E-state index contributed by atoms with van der Waals surface area (Å²) in [6.07, 6.45) is 9.05. The van der Waals surface area contributed by atoms with Crippen molar-refractivity contribution < 1.29 is 54.7 Å². The summed E-state index contributed by atoms with van der Waals surface area (Å²) in [5.74, 6) is -3.13. The summed E-state index contributed by atoms with van der Waals surface area (Å²) >= 11 is 3.52. The van der Waals surface area contributed by atoms with Crippen molar-refractivity contribution in [3.8, 4) is 0 Å². The maximum atomic E-state index is 13.7. The van der Waals surface area contributed by atoms with Crippen molar-refractivity contribution in [2.45, 2.75) is 123 Å². The molecule has 3 aromatic rings. The number of amides is 8. The predicted molar refractivity (Wildman–Crippen MR) is 285 cm³/mol. The lowest BCUT2D eigenvalue weighted by Gasteiger charge is -2.21. The average Bonchev–Trinajstić information content (AvgIpc) is 4.22. The van der Waals surface area contributed by atoms with Gasteiger partial charge in [-0.15, -0.1) is 0 Å². The number of H-pyrrole nitrogens is 3. The molecule has 0 radical (unpaired) electrons. The van der Waals surface area contributed by atoms with Crippen LogP contribution < -0.4 is 69.2 Å². The summed E-state index contributed by atoms with van der Waals surface area (Å²) in [6, 6.07) is 7.33. The highest BCUT2D eigenvalue weighted by molar-refractivity contribution is 8.00. The molecule has 412 valence electrons. The van der Waals surface area contributed by atoms with Crippen LogP contribution in [0.2, 0.25) is 0 Å². The Balaban J connectivity index is 0.853. The maximum absolute atomic E-state index is 13.7. The van der Waals surface area contributed by atoms with Gasteiger partial charge in [-0.3, -0.25) is 28.3 Å². The Bertz CT molecular complexity index is 3200. The second-order valence-corrected chi connectivity index (χ2v) is 25.6. The zero-order valence-electron chi connectivity index (χ0n) is 41.3. The first-order valence-electron chi connectivity index (χ1n) is 25.5. The third-order valence-corrected chi connectivity index (χ3v) is 19.1. The Labute approximate surface area is 446 Å². The Morgan fingerprint density at radius 3 is 1.79 bits per heavy atom. The van der Waals surface area contributed by atoms with E-state index in [1.54, 1.807) is 23.5 Å². The number of urea groups is 2. The number of aromatic amines is 3. The SMILES string of the molecule is O=C(CCCC[C@@H]1SC[C@@H]2NC(=O)N[C@@H]21)N[C@@H](CS(=O)(=O)O)C(=O)NC/C1=c2\cc/c([nH]2)=C/[C@H]2CC[C@H](N2)/C(CNC(=O)[C@H](CS(=O)(=O)O)NC(=O)CCCC[C@@H]2SC[C@@H]3NC(=O)N[C@@H]32)=c2/cc/c([nH]2)=C/c2ccc1[nH]2. The molecule has 8 amide bonds. The Hall–Kier alpha value is -5.78. The second kappa shape index (κ2) is 23.9. The lowest BCUT2D eigenvalue weighted by atomic mass is 10.0. The maximum Gasteiger partial charge on any atom is 0.315 e. The smallest absolute Gasteiger partial charge is 0.315 e. The highest BCUT2D eigenvalue weighted by Crippen LogP contribution is 2.34.